The van der Waals surface area contributed by atoms with E-state index >= 15 is 4.39 Å². The van der Waals surface area contributed by atoms with Gasteiger partial charge >= 0.3 is 0 Å². The maximum absolute atomic E-state index is 15.1. The van der Waals surface area contributed by atoms with Crippen LogP contribution in [0.15, 0.2) is 66.1 Å². The molecule has 0 saturated carbocycles. The van der Waals surface area contributed by atoms with Gasteiger partial charge in [-0.15, -0.1) is 0 Å². The molecule has 0 unspecified atom stereocenters. The molecular formula is C27H24FN7O3. The molecule has 4 aromatic heterocycles. The van der Waals surface area contributed by atoms with Gasteiger partial charge in [0, 0.05) is 35.1 Å². The van der Waals surface area contributed by atoms with Crippen molar-refractivity contribution in [3.05, 3.63) is 94.2 Å². The van der Waals surface area contributed by atoms with Gasteiger partial charge in [0.05, 0.1) is 41.3 Å². The van der Waals surface area contributed by atoms with Crippen molar-refractivity contribution in [2.24, 2.45) is 0 Å². The molecule has 5 aromatic rings. The summed E-state index contributed by atoms with van der Waals surface area (Å²) < 4.78 is 16.0. The average molecular weight is 514 g/mol. The lowest BCUT2D eigenvalue weighted by Crippen LogP contribution is -2.25. The fourth-order valence-electron chi connectivity index (χ4n) is 4.13. The number of fused-ring (bicyclic) bond motifs is 1. The average Bonchev–Trinajstić information content (AvgIpc) is 3.39. The van der Waals surface area contributed by atoms with Crippen LogP contribution in [0.1, 0.15) is 42.3 Å². The highest BCUT2D eigenvalue weighted by molar-refractivity contribution is 6.08. The molecule has 3 N–H and O–H groups in total. The molecule has 0 saturated heterocycles. The molecule has 11 heteroatoms. The Morgan fingerprint density at radius 1 is 1.16 bits per heavy atom. The number of pyridine rings is 2. The third-order valence-electron chi connectivity index (χ3n) is 6.18. The van der Waals surface area contributed by atoms with Gasteiger partial charge in [0.2, 0.25) is 0 Å². The SMILES string of the molecule is CC(C)(C)c1cc(F)c2c(=O)n(-c3nccc(NC(=O)c4cn[nH]c4-c4cccnc4)c3CO)ncc2c1. The molecule has 192 valence electrons. The fourth-order valence-corrected chi connectivity index (χ4v) is 4.13. The number of anilines is 1. The molecule has 1 amide bonds. The van der Waals surface area contributed by atoms with Crippen LogP contribution in [-0.2, 0) is 12.0 Å². The number of nitrogens with one attached hydrogen (secondary N) is 2. The molecule has 0 spiro atoms. The van der Waals surface area contributed by atoms with Crippen LogP contribution in [0.5, 0.6) is 0 Å². The number of carbonyl (C=O) groups excluding carboxylic acids is 1. The number of hydrogen-bond donors (Lipinski definition) is 3. The monoisotopic (exact) mass is 513 g/mol. The normalized spacial score (nSPS) is 11.6. The number of hydrogen-bond acceptors (Lipinski definition) is 7. The van der Waals surface area contributed by atoms with E-state index in [2.05, 4.69) is 30.6 Å². The van der Waals surface area contributed by atoms with Crippen LogP contribution in [0, 0.1) is 5.82 Å². The minimum absolute atomic E-state index is 0.0313. The van der Waals surface area contributed by atoms with Gasteiger partial charge < -0.3 is 10.4 Å². The highest BCUT2D eigenvalue weighted by atomic mass is 19.1. The largest absolute Gasteiger partial charge is 0.391 e. The Morgan fingerprint density at radius 3 is 2.68 bits per heavy atom. The van der Waals surface area contributed by atoms with E-state index < -0.39 is 23.9 Å². The Balaban J connectivity index is 1.55. The molecule has 1 aromatic carbocycles. The summed E-state index contributed by atoms with van der Waals surface area (Å²) in [5, 5.41) is 24.1. The van der Waals surface area contributed by atoms with Gasteiger partial charge in [-0.2, -0.15) is 14.9 Å². The van der Waals surface area contributed by atoms with E-state index in [9.17, 15) is 14.7 Å². The predicted octanol–water partition coefficient (Wildman–Crippen LogP) is 3.75. The maximum atomic E-state index is 15.1. The second-order valence-corrected chi connectivity index (χ2v) is 9.71. The third kappa shape index (κ3) is 4.43. The van der Waals surface area contributed by atoms with Crippen LogP contribution in [0.4, 0.5) is 10.1 Å². The zero-order valence-electron chi connectivity index (χ0n) is 20.9. The number of aliphatic hydroxyl groups excluding tert-OH is 1. The quantitative estimate of drug-likeness (QED) is 0.325. The summed E-state index contributed by atoms with van der Waals surface area (Å²) in [6, 6.07) is 8.08. The van der Waals surface area contributed by atoms with E-state index in [1.807, 2.05) is 20.8 Å². The molecule has 5 rings (SSSR count). The van der Waals surface area contributed by atoms with Crippen molar-refractivity contribution in [1.82, 2.24) is 29.9 Å². The Kier molecular flexibility index (Phi) is 6.29. The van der Waals surface area contributed by atoms with Crippen molar-refractivity contribution >= 4 is 22.4 Å². The summed E-state index contributed by atoms with van der Waals surface area (Å²) in [5.41, 5.74) is 1.38. The minimum atomic E-state index is -0.736. The van der Waals surface area contributed by atoms with Crippen molar-refractivity contribution < 1.29 is 14.3 Å². The molecule has 0 aliphatic heterocycles. The van der Waals surface area contributed by atoms with Crippen LogP contribution in [0.2, 0.25) is 0 Å². The molecule has 0 bridgehead atoms. The topological polar surface area (TPSA) is 139 Å². The first-order valence-corrected chi connectivity index (χ1v) is 11.8. The molecule has 0 radical (unpaired) electrons. The zero-order valence-corrected chi connectivity index (χ0v) is 20.9. The van der Waals surface area contributed by atoms with Gasteiger partial charge in [-0.05, 0) is 41.3 Å². The molecule has 0 aliphatic rings. The van der Waals surface area contributed by atoms with Gasteiger partial charge in [-0.3, -0.25) is 19.7 Å². The van der Waals surface area contributed by atoms with Crippen LogP contribution >= 0.6 is 0 Å². The Hall–Kier alpha value is -4.77. The lowest BCUT2D eigenvalue weighted by Gasteiger charge is -2.20. The smallest absolute Gasteiger partial charge is 0.283 e. The zero-order chi connectivity index (χ0) is 27.0. The Morgan fingerprint density at radius 2 is 1.97 bits per heavy atom. The number of rotatable bonds is 5. The van der Waals surface area contributed by atoms with Crippen LogP contribution in [-0.4, -0.2) is 41.0 Å². The van der Waals surface area contributed by atoms with Gasteiger partial charge in [-0.25, -0.2) is 9.37 Å². The van der Waals surface area contributed by atoms with Crippen molar-refractivity contribution in [1.29, 1.82) is 0 Å². The fraction of sp³-hybridized carbons (Fsp3) is 0.185. The van der Waals surface area contributed by atoms with E-state index in [0.29, 0.717) is 16.6 Å². The number of benzene rings is 1. The summed E-state index contributed by atoms with van der Waals surface area (Å²) in [6.45, 7) is 5.27. The summed E-state index contributed by atoms with van der Waals surface area (Å²) in [7, 11) is 0. The summed E-state index contributed by atoms with van der Waals surface area (Å²) >= 11 is 0. The van der Waals surface area contributed by atoms with E-state index in [4.69, 9.17) is 0 Å². The van der Waals surface area contributed by atoms with Gasteiger partial charge in [0.15, 0.2) is 5.82 Å². The first-order valence-electron chi connectivity index (χ1n) is 11.8. The van der Waals surface area contributed by atoms with E-state index in [1.54, 1.807) is 30.6 Å². The molecular weight excluding hydrogens is 489 g/mol. The number of aromatic amines is 1. The summed E-state index contributed by atoms with van der Waals surface area (Å²) in [6.07, 6.45) is 7.33. The molecule has 4 heterocycles. The second kappa shape index (κ2) is 9.60. The number of carbonyl (C=O) groups is 1. The number of nitrogens with zero attached hydrogens (tertiary/aromatic N) is 5. The molecule has 38 heavy (non-hydrogen) atoms. The van der Waals surface area contributed by atoms with Crippen molar-refractivity contribution in [3.8, 4) is 17.1 Å². The Bertz CT molecular complexity index is 1720. The summed E-state index contributed by atoms with van der Waals surface area (Å²) in [5.74, 6) is -1.22. The second-order valence-electron chi connectivity index (χ2n) is 9.71. The predicted molar refractivity (Wildman–Crippen MR) is 139 cm³/mol. The van der Waals surface area contributed by atoms with E-state index in [0.717, 1.165) is 10.2 Å². The summed E-state index contributed by atoms with van der Waals surface area (Å²) in [4.78, 5) is 34.8. The number of halogens is 1. The van der Waals surface area contributed by atoms with Gasteiger partial charge in [0.1, 0.15) is 5.82 Å². The maximum Gasteiger partial charge on any atom is 0.283 e. The lowest BCUT2D eigenvalue weighted by molar-refractivity contribution is 0.102. The first-order chi connectivity index (χ1) is 18.2. The van der Waals surface area contributed by atoms with Gasteiger partial charge in [0.25, 0.3) is 11.5 Å². The van der Waals surface area contributed by atoms with Crippen molar-refractivity contribution in [2.75, 3.05) is 5.32 Å². The number of amides is 1. The van der Waals surface area contributed by atoms with Crippen LogP contribution in [0.25, 0.3) is 27.8 Å². The van der Waals surface area contributed by atoms with E-state index in [-0.39, 0.29) is 33.4 Å². The first kappa shape index (κ1) is 24.9. The highest BCUT2D eigenvalue weighted by Crippen LogP contribution is 2.28. The van der Waals surface area contributed by atoms with Crippen molar-refractivity contribution in [2.45, 2.75) is 32.8 Å². The molecule has 0 atom stereocenters. The number of H-pyrrole nitrogens is 1. The molecule has 0 fully saturated rings. The highest BCUT2D eigenvalue weighted by Gasteiger charge is 2.22. The standard InChI is InChI=1S/C27H24FN7O3/c1-27(2,3)17-9-16-12-32-35(26(38)22(16)20(28)10-17)24-19(14-36)21(6-8-30-24)33-25(37)18-13-31-34-23(18)15-5-4-7-29-11-15/h4-13,36H,14H2,1-3H3,(H,31,34)(H,30,33,37). The van der Waals surface area contributed by atoms with Crippen LogP contribution in [0.3, 0.4) is 0 Å². The lowest BCUT2D eigenvalue weighted by atomic mass is 9.86. The molecule has 10 nitrogen and oxygen atoms in total. The number of aromatic nitrogens is 6. The Labute approximate surface area is 216 Å². The molecule has 0 aliphatic carbocycles. The number of aliphatic hydroxyl groups is 1. The van der Waals surface area contributed by atoms with Gasteiger partial charge in [-0.1, -0.05) is 20.8 Å². The van der Waals surface area contributed by atoms with Crippen molar-refractivity contribution in [3.63, 3.8) is 0 Å². The van der Waals surface area contributed by atoms with E-state index in [1.165, 1.54) is 30.7 Å². The minimum Gasteiger partial charge on any atom is -0.391 e. The third-order valence-corrected chi connectivity index (χ3v) is 6.18. The van der Waals surface area contributed by atoms with Crippen LogP contribution < -0.4 is 10.9 Å².